The summed E-state index contributed by atoms with van der Waals surface area (Å²) < 4.78 is 0. The number of nitrogens with zero attached hydrogens (tertiary/aromatic N) is 1. The first-order chi connectivity index (χ1) is 7.22. The monoisotopic (exact) mass is 224 g/mol. The summed E-state index contributed by atoms with van der Waals surface area (Å²) in [5, 5.41) is 5.14. The molecule has 2 amide bonds. The molecule has 0 radical (unpaired) electrons. The molecule has 1 fully saturated rings. The van der Waals surface area contributed by atoms with Crippen LogP contribution in [0, 0.1) is 5.92 Å². The quantitative estimate of drug-likeness (QED) is 0.770. The number of imide groups is 1. The molecule has 0 spiro atoms. The maximum absolute atomic E-state index is 11.6. The molecule has 2 unspecified atom stereocenters. The van der Waals surface area contributed by atoms with Crippen LogP contribution < -0.4 is 5.32 Å². The highest BCUT2D eigenvalue weighted by molar-refractivity contribution is 7.09. The molecule has 2 heterocycles. The van der Waals surface area contributed by atoms with E-state index in [2.05, 4.69) is 10.3 Å². The van der Waals surface area contributed by atoms with Crippen molar-refractivity contribution in [2.75, 3.05) is 0 Å². The third-order valence-corrected chi connectivity index (χ3v) is 3.61. The lowest BCUT2D eigenvalue weighted by Crippen LogP contribution is -2.44. The van der Waals surface area contributed by atoms with Crippen molar-refractivity contribution in [3.8, 4) is 0 Å². The number of amides is 2. The molecule has 1 N–H and O–H groups in total. The molecule has 5 heteroatoms. The van der Waals surface area contributed by atoms with E-state index in [9.17, 15) is 9.59 Å². The number of piperidine rings is 1. The molecule has 0 bridgehead atoms. The van der Waals surface area contributed by atoms with E-state index < -0.39 is 0 Å². The number of carbonyl (C=O) groups is 2. The van der Waals surface area contributed by atoms with Crippen LogP contribution in [0.5, 0.6) is 0 Å². The van der Waals surface area contributed by atoms with E-state index in [0.29, 0.717) is 6.42 Å². The van der Waals surface area contributed by atoms with Crippen molar-refractivity contribution < 1.29 is 9.59 Å². The highest BCUT2D eigenvalue weighted by Gasteiger charge is 2.36. The second-order valence-corrected chi connectivity index (χ2v) is 4.53. The van der Waals surface area contributed by atoms with E-state index >= 15 is 0 Å². The van der Waals surface area contributed by atoms with Gasteiger partial charge in [0.25, 0.3) is 0 Å². The average Bonchev–Trinajstić information content (AvgIpc) is 2.69. The lowest BCUT2D eigenvalue weighted by Gasteiger charge is -2.27. The van der Waals surface area contributed by atoms with Gasteiger partial charge in [0.05, 0.1) is 5.01 Å². The van der Waals surface area contributed by atoms with Gasteiger partial charge in [0.15, 0.2) is 0 Å². The number of hydrogen-bond acceptors (Lipinski definition) is 4. The maximum atomic E-state index is 11.6. The Morgan fingerprint density at radius 1 is 1.60 bits per heavy atom. The minimum Gasteiger partial charge on any atom is -0.296 e. The fraction of sp³-hybridized carbons (Fsp3) is 0.500. The molecule has 1 aromatic rings. The molecule has 0 saturated carbocycles. The van der Waals surface area contributed by atoms with Crippen LogP contribution in [0.15, 0.2) is 11.6 Å². The molecule has 1 aliphatic heterocycles. The highest BCUT2D eigenvalue weighted by atomic mass is 32.1. The number of rotatable bonds is 2. The van der Waals surface area contributed by atoms with Crippen LogP contribution in [0.2, 0.25) is 0 Å². The third-order valence-electron chi connectivity index (χ3n) is 2.70. The zero-order valence-corrected chi connectivity index (χ0v) is 9.21. The van der Waals surface area contributed by atoms with E-state index in [1.807, 2.05) is 12.3 Å². The van der Waals surface area contributed by atoms with Gasteiger partial charge in [0.2, 0.25) is 11.8 Å². The first-order valence-corrected chi connectivity index (χ1v) is 5.83. The topological polar surface area (TPSA) is 59.1 Å². The lowest BCUT2D eigenvalue weighted by molar-refractivity contribution is -0.137. The van der Waals surface area contributed by atoms with Gasteiger partial charge in [0.1, 0.15) is 0 Å². The van der Waals surface area contributed by atoms with Crippen molar-refractivity contribution in [1.82, 2.24) is 10.3 Å². The Hall–Kier alpha value is -1.23. The van der Waals surface area contributed by atoms with Crippen LogP contribution in [0.4, 0.5) is 0 Å². The van der Waals surface area contributed by atoms with E-state index in [0.717, 1.165) is 11.4 Å². The molecule has 1 aromatic heterocycles. The standard InChI is InChI=1S/C10H12N2O2S/c1-2-6-7(10-11-3-4-15-10)5-8(13)12-9(6)14/h3-4,6-7H,2,5H2,1H3,(H,12,13,14). The molecule has 0 aromatic carbocycles. The van der Waals surface area contributed by atoms with Crippen molar-refractivity contribution in [3.05, 3.63) is 16.6 Å². The third kappa shape index (κ3) is 1.92. The summed E-state index contributed by atoms with van der Waals surface area (Å²) in [6.07, 6.45) is 2.82. The van der Waals surface area contributed by atoms with E-state index in [4.69, 9.17) is 0 Å². The van der Waals surface area contributed by atoms with Crippen molar-refractivity contribution in [2.45, 2.75) is 25.7 Å². The lowest BCUT2D eigenvalue weighted by atomic mass is 9.84. The van der Waals surface area contributed by atoms with E-state index in [1.54, 1.807) is 6.20 Å². The number of hydrogen-bond donors (Lipinski definition) is 1. The molecular formula is C10H12N2O2S. The first-order valence-electron chi connectivity index (χ1n) is 4.95. The Balaban J connectivity index is 2.27. The minimum atomic E-state index is -0.190. The van der Waals surface area contributed by atoms with Crippen molar-refractivity contribution in [2.24, 2.45) is 5.92 Å². The van der Waals surface area contributed by atoms with Crippen LogP contribution in [0.25, 0.3) is 0 Å². The maximum Gasteiger partial charge on any atom is 0.230 e. The molecular weight excluding hydrogens is 212 g/mol. The second-order valence-electron chi connectivity index (χ2n) is 3.61. The van der Waals surface area contributed by atoms with Crippen LogP contribution in [-0.4, -0.2) is 16.8 Å². The number of nitrogens with one attached hydrogen (secondary N) is 1. The predicted octanol–water partition coefficient (Wildman–Crippen LogP) is 1.30. The van der Waals surface area contributed by atoms with Gasteiger partial charge in [-0.2, -0.15) is 0 Å². The molecule has 1 saturated heterocycles. The van der Waals surface area contributed by atoms with E-state index in [-0.39, 0.29) is 23.7 Å². The van der Waals surface area contributed by atoms with Gasteiger partial charge in [-0.15, -0.1) is 11.3 Å². The second kappa shape index (κ2) is 4.10. The molecule has 0 aliphatic carbocycles. The zero-order chi connectivity index (χ0) is 10.8. The van der Waals surface area contributed by atoms with Gasteiger partial charge < -0.3 is 0 Å². The largest absolute Gasteiger partial charge is 0.296 e. The first kappa shape index (κ1) is 10.3. The summed E-state index contributed by atoms with van der Waals surface area (Å²) in [6, 6.07) is 0. The summed E-state index contributed by atoms with van der Waals surface area (Å²) in [7, 11) is 0. The molecule has 2 rings (SSSR count). The minimum absolute atomic E-state index is 0.0313. The number of carbonyl (C=O) groups excluding carboxylic acids is 2. The Labute approximate surface area is 91.7 Å². The normalized spacial score (nSPS) is 26.5. The summed E-state index contributed by atoms with van der Waals surface area (Å²) >= 11 is 1.51. The van der Waals surface area contributed by atoms with Gasteiger partial charge in [-0.3, -0.25) is 14.9 Å². The van der Waals surface area contributed by atoms with Crippen molar-refractivity contribution in [3.63, 3.8) is 0 Å². The highest BCUT2D eigenvalue weighted by Crippen LogP contribution is 2.34. The molecule has 1 aliphatic rings. The number of aromatic nitrogens is 1. The summed E-state index contributed by atoms with van der Waals surface area (Å²) in [5.41, 5.74) is 0. The van der Waals surface area contributed by atoms with Gasteiger partial charge in [-0.1, -0.05) is 6.92 Å². The fourth-order valence-electron chi connectivity index (χ4n) is 1.95. The van der Waals surface area contributed by atoms with Crippen LogP contribution in [0.1, 0.15) is 30.7 Å². The van der Waals surface area contributed by atoms with Crippen molar-refractivity contribution >= 4 is 23.2 Å². The van der Waals surface area contributed by atoms with Gasteiger partial charge in [-0.05, 0) is 6.42 Å². The van der Waals surface area contributed by atoms with Gasteiger partial charge >= 0.3 is 0 Å². The Kier molecular flexibility index (Phi) is 2.81. The fourth-order valence-corrected chi connectivity index (χ4v) is 2.76. The molecule has 15 heavy (non-hydrogen) atoms. The Morgan fingerprint density at radius 2 is 2.40 bits per heavy atom. The average molecular weight is 224 g/mol. The predicted molar refractivity (Wildman–Crippen MR) is 56.4 cm³/mol. The van der Waals surface area contributed by atoms with Crippen LogP contribution in [0.3, 0.4) is 0 Å². The smallest absolute Gasteiger partial charge is 0.230 e. The Bertz CT molecular complexity index is 375. The van der Waals surface area contributed by atoms with Crippen LogP contribution >= 0.6 is 11.3 Å². The SMILES string of the molecule is CCC1C(=O)NC(=O)CC1c1nccs1. The summed E-state index contributed by atoms with van der Waals surface area (Å²) in [5.74, 6) is -0.496. The molecule has 2 atom stereocenters. The van der Waals surface area contributed by atoms with Gasteiger partial charge in [-0.25, -0.2) is 4.98 Å². The molecule has 80 valence electrons. The number of thiazole rings is 1. The van der Waals surface area contributed by atoms with Crippen molar-refractivity contribution in [1.29, 1.82) is 0 Å². The molecule has 4 nitrogen and oxygen atoms in total. The van der Waals surface area contributed by atoms with E-state index in [1.165, 1.54) is 11.3 Å². The summed E-state index contributed by atoms with van der Waals surface area (Å²) in [4.78, 5) is 27.1. The Morgan fingerprint density at radius 3 is 3.00 bits per heavy atom. The zero-order valence-electron chi connectivity index (χ0n) is 8.40. The summed E-state index contributed by atoms with van der Waals surface area (Å²) in [6.45, 7) is 1.96. The van der Waals surface area contributed by atoms with Crippen LogP contribution in [-0.2, 0) is 9.59 Å². The van der Waals surface area contributed by atoms with Gasteiger partial charge in [0, 0.05) is 29.8 Å².